The summed E-state index contributed by atoms with van der Waals surface area (Å²) >= 11 is 0. The highest BCUT2D eigenvalue weighted by molar-refractivity contribution is 6.08. The molecule has 2 heterocycles. The van der Waals surface area contributed by atoms with E-state index in [1.807, 2.05) is 0 Å². The Bertz CT molecular complexity index is 3030. The maximum atomic E-state index is 4.04. The van der Waals surface area contributed by atoms with Crippen LogP contribution in [0.15, 0.2) is 237 Å². The number of benzene rings is 9. The van der Waals surface area contributed by atoms with Crippen LogP contribution in [0.4, 0.5) is 5.69 Å². The normalized spacial score (nSPS) is 16.9. The van der Waals surface area contributed by atoms with Gasteiger partial charge in [-0.05, 0) is 120 Å². The Hall–Kier alpha value is -7.72. The third kappa shape index (κ3) is 7.29. The molecule has 0 bridgehead atoms. The Morgan fingerprint density at radius 1 is 0.323 bits per heavy atom. The van der Waals surface area contributed by atoms with Gasteiger partial charge >= 0.3 is 0 Å². The average molecular weight is 796 g/mol. The Labute approximate surface area is 363 Å². The largest absolute Gasteiger partial charge is 0.374 e. The second-order valence-corrected chi connectivity index (χ2v) is 16.2. The van der Waals surface area contributed by atoms with Crippen LogP contribution in [0.1, 0.15) is 51.6 Å². The third-order valence-electron chi connectivity index (χ3n) is 12.3. The summed E-state index contributed by atoms with van der Waals surface area (Å²) in [5, 5.41) is 14.3. The molecular formula is C59H45N3. The van der Waals surface area contributed by atoms with Crippen molar-refractivity contribution in [3.8, 4) is 33.4 Å². The van der Waals surface area contributed by atoms with E-state index in [-0.39, 0.29) is 18.2 Å². The SMILES string of the molecule is C1=C(c2ccccc2)NC(c2cccc(-c3cccc4c5c(ccc34)NC(c3ccccc3)C=C5c3ccccc3)c2)NC1c1cc(-c2ccccc2)cc(-c2ccccc2)c1. The van der Waals surface area contributed by atoms with Gasteiger partial charge in [-0.1, -0.05) is 194 Å². The minimum absolute atomic E-state index is 0.0641. The van der Waals surface area contributed by atoms with E-state index in [1.54, 1.807) is 0 Å². The Kier molecular flexibility index (Phi) is 9.85. The molecule has 3 atom stereocenters. The van der Waals surface area contributed by atoms with Crippen LogP contribution in [-0.2, 0) is 0 Å². The highest BCUT2D eigenvalue weighted by atomic mass is 15.2. The van der Waals surface area contributed by atoms with Gasteiger partial charge in [-0.25, -0.2) is 0 Å². The van der Waals surface area contributed by atoms with Gasteiger partial charge in [0.05, 0.1) is 12.1 Å². The Morgan fingerprint density at radius 3 is 1.53 bits per heavy atom. The molecule has 2 aliphatic heterocycles. The maximum Gasteiger partial charge on any atom is 0.104 e. The fraction of sp³-hybridized carbons (Fsp3) is 0.0508. The first-order valence-corrected chi connectivity index (χ1v) is 21.5. The van der Waals surface area contributed by atoms with Crippen LogP contribution in [-0.4, -0.2) is 0 Å². The van der Waals surface area contributed by atoms with E-state index in [1.165, 1.54) is 77.5 Å². The minimum Gasteiger partial charge on any atom is -0.374 e. The van der Waals surface area contributed by atoms with Crippen molar-refractivity contribution in [1.29, 1.82) is 0 Å². The van der Waals surface area contributed by atoms with Crippen molar-refractivity contribution in [2.24, 2.45) is 0 Å². The molecular weight excluding hydrogens is 751 g/mol. The Balaban J connectivity index is 0.996. The number of rotatable bonds is 8. The summed E-state index contributed by atoms with van der Waals surface area (Å²) in [6.45, 7) is 0. The first kappa shape index (κ1) is 37.3. The first-order chi connectivity index (χ1) is 30.7. The fourth-order valence-corrected chi connectivity index (χ4v) is 9.30. The molecule has 11 rings (SSSR count). The summed E-state index contributed by atoms with van der Waals surface area (Å²) in [7, 11) is 0. The highest BCUT2D eigenvalue weighted by Gasteiger charge is 2.27. The monoisotopic (exact) mass is 795 g/mol. The van der Waals surface area contributed by atoms with Crippen LogP contribution in [0.3, 0.4) is 0 Å². The number of anilines is 1. The van der Waals surface area contributed by atoms with E-state index < -0.39 is 0 Å². The lowest BCUT2D eigenvalue weighted by Gasteiger charge is -2.34. The number of nitrogens with one attached hydrogen (secondary N) is 3. The molecule has 62 heavy (non-hydrogen) atoms. The predicted molar refractivity (Wildman–Crippen MR) is 259 cm³/mol. The van der Waals surface area contributed by atoms with Crippen molar-refractivity contribution >= 4 is 27.7 Å². The molecule has 3 unspecified atom stereocenters. The summed E-state index contributed by atoms with van der Waals surface area (Å²) in [4.78, 5) is 0. The quantitative estimate of drug-likeness (QED) is 0.143. The summed E-state index contributed by atoms with van der Waals surface area (Å²) < 4.78 is 0. The van der Waals surface area contributed by atoms with Crippen LogP contribution in [0, 0.1) is 0 Å². The van der Waals surface area contributed by atoms with Gasteiger partial charge in [0, 0.05) is 16.9 Å². The molecule has 0 spiro atoms. The zero-order chi connectivity index (χ0) is 41.2. The van der Waals surface area contributed by atoms with Gasteiger partial charge < -0.3 is 10.6 Å². The van der Waals surface area contributed by atoms with Crippen molar-refractivity contribution in [3.63, 3.8) is 0 Å². The molecule has 296 valence electrons. The van der Waals surface area contributed by atoms with Gasteiger partial charge in [-0.3, -0.25) is 5.32 Å². The fourth-order valence-electron chi connectivity index (χ4n) is 9.30. The highest BCUT2D eigenvalue weighted by Crippen LogP contribution is 2.45. The van der Waals surface area contributed by atoms with Gasteiger partial charge in [0.2, 0.25) is 0 Å². The van der Waals surface area contributed by atoms with E-state index in [9.17, 15) is 0 Å². The van der Waals surface area contributed by atoms with Gasteiger partial charge in [0.15, 0.2) is 0 Å². The molecule has 9 aromatic carbocycles. The van der Waals surface area contributed by atoms with Crippen molar-refractivity contribution in [2.75, 3.05) is 5.32 Å². The molecule has 2 aliphatic rings. The number of fused-ring (bicyclic) bond motifs is 3. The van der Waals surface area contributed by atoms with Crippen LogP contribution in [0.25, 0.3) is 55.4 Å². The smallest absolute Gasteiger partial charge is 0.104 e. The van der Waals surface area contributed by atoms with Crippen LogP contribution < -0.4 is 16.0 Å². The second-order valence-electron chi connectivity index (χ2n) is 16.2. The zero-order valence-electron chi connectivity index (χ0n) is 34.2. The van der Waals surface area contributed by atoms with Gasteiger partial charge in [0.1, 0.15) is 6.17 Å². The van der Waals surface area contributed by atoms with Crippen molar-refractivity contribution in [2.45, 2.75) is 18.2 Å². The van der Waals surface area contributed by atoms with Gasteiger partial charge in [-0.15, -0.1) is 0 Å². The molecule has 0 saturated heterocycles. The summed E-state index contributed by atoms with van der Waals surface area (Å²) in [6, 6.07) is 81.0. The number of hydrogen-bond donors (Lipinski definition) is 3. The van der Waals surface area contributed by atoms with Crippen LogP contribution >= 0.6 is 0 Å². The minimum atomic E-state index is -0.157. The lowest BCUT2D eigenvalue weighted by Crippen LogP contribution is -2.39. The lowest BCUT2D eigenvalue weighted by atomic mass is 9.85. The first-order valence-electron chi connectivity index (χ1n) is 21.5. The van der Waals surface area contributed by atoms with E-state index in [0.29, 0.717) is 0 Å². The summed E-state index contributed by atoms with van der Waals surface area (Å²) in [5.41, 5.74) is 17.9. The molecule has 3 N–H and O–H groups in total. The molecule has 9 aromatic rings. The number of hydrogen-bond acceptors (Lipinski definition) is 3. The second kappa shape index (κ2) is 16.4. The standard InChI is InChI=1S/C59H45N3/c1-6-18-40(19-7-1)47-35-48(41-20-8-2-9-21-41)37-49(36-47)57-39-56(44-26-14-5-15-27-44)61-59(62-57)46-29-16-28-45(34-46)50-30-17-31-52-51(50)32-33-54-58(52)53(42-22-10-3-11-23-42)38-55(60-54)43-24-12-4-13-25-43/h1-39,55,57,59-62H. The molecule has 0 saturated carbocycles. The van der Waals surface area contributed by atoms with E-state index in [2.05, 4.69) is 253 Å². The Morgan fingerprint density at radius 2 is 0.871 bits per heavy atom. The van der Waals surface area contributed by atoms with E-state index in [0.717, 1.165) is 16.9 Å². The van der Waals surface area contributed by atoms with Crippen molar-refractivity contribution in [3.05, 3.63) is 270 Å². The molecule has 0 aliphatic carbocycles. The van der Waals surface area contributed by atoms with E-state index >= 15 is 0 Å². The van der Waals surface area contributed by atoms with Crippen molar-refractivity contribution in [1.82, 2.24) is 10.6 Å². The zero-order valence-corrected chi connectivity index (χ0v) is 34.2. The van der Waals surface area contributed by atoms with Crippen LogP contribution in [0.2, 0.25) is 0 Å². The summed E-state index contributed by atoms with van der Waals surface area (Å²) in [6.07, 6.45) is 4.58. The molecule has 0 radical (unpaired) electrons. The van der Waals surface area contributed by atoms with Gasteiger partial charge in [0.25, 0.3) is 0 Å². The molecule has 0 aromatic heterocycles. The average Bonchev–Trinajstić information content (AvgIpc) is 3.36. The molecule has 0 fully saturated rings. The lowest BCUT2D eigenvalue weighted by molar-refractivity contribution is 0.443. The predicted octanol–water partition coefficient (Wildman–Crippen LogP) is 14.4. The maximum absolute atomic E-state index is 4.04. The molecule has 0 amide bonds. The van der Waals surface area contributed by atoms with Gasteiger partial charge in [-0.2, -0.15) is 0 Å². The summed E-state index contributed by atoms with van der Waals surface area (Å²) in [5.74, 6) is 0. The topological polar surface area (TPSA) is 36.1 Å². The van der Waals surface area contributed by atoms with E-state index in [4.69, 9.17) is 0 Å². The molecule has 3 heteroatoms. The van der Waals surface area contributed by atoms with Crippen molar-refractivity contribution < 1.29 is 0 Å². The van der Waals surface area contributed by atoms with Crippen LogP contribution in [0.5, 0.6) is 0 Å². The third-order valence-corrected chi connectivity index (χ3v) is 12.3. The molecule has 3 nitrogen and oxygen atoms in total.